The summed E-state index contributed by atoms with van der Waals surface area (Å²) in [6, 6.07) is 9.20. The highest BCUT2D eigenvalue weighted by molar-refractivity contribution is 6.31. The van der Waals surface area contributed by atoms with E-state index in [4.69, 9.17) is 11.6 Å². The Labute approximate surface area is 197 Å². The largest absolute Gasteiger partial charge is 0.352 e. The molecule has 3 amide bonds. The Bertz CT molecular complexity index is 967. The smallest absolute Gasteiger partial charge is 0.240 e. The number of aromatic nitrogens is 1. The summed E-state index contributed by atoms with van der Waals surface area (Å²) in [6.45, 7) is -0.197. The lowest BCUT2D eigenvalue weighted by atomic mass is 9.95. The highest BCUT2D eigenvalue weighted by atomic mass is 35.5. The number of hydrogen-bond donors (Lipinski definition) is 2. The third-order valence-corrected chi connectivity index (χ3v) is 5.80. The third-order valence-electron chi connectivity index (χ3n) is 5.51. The molecule has 2 N–H and O–H groups in total. The Morgan fingerprint density at radius 1 is 1.06 bits per heavy atom. The Hall–Kier alpha value is -3.00. The summed E-state index contributed by atoms with van der Waals surface area (Å²) >= 11 is 5.91. The maximum absolute atomic E-state index is 13.6. The molecule has 176 valence electrons. The first kappa shape index (κ1) is 24.6. The van der Waals surface area contributed by atoms with Crippen molar-refractivity contribution < 1.29 is 18.8 Å². The summed E-state index contributed by atoms with van der Waals surface area (Å²) in [5.41, 5.74) is 0.336. The van der Waals surface area contributed by atoms with E-state index in [1.54, 1.807) is 24.4 Å². The van der Waals surface area contributed by atoms with Crippen LogP contribution in [0.25, 0.3) is 0 Å². The fourth-order valence-corrected chi connectivity index (χ4v) is 3.99. The number of benzene rings is 1. The molecule has 1 fully saturated rings. The number of pyridine rings is 1. The van der Waals surface area contributed by atoms with Gasteiger partial charge in [-0.3, -0.25) is 14.4 Å². The monoisotopic (exact) mass is 474 g/mol. The van der Waals surface area contributed by atoms with Gasteiger partial charge in [0, 0.05) is 30.8 Å². The van der Waals surface area contributed by atoms with Crippen molar-refractivity contribution in [2.45, 2.75) is 57.4 Å². The van der Waals surface area contributed by atoms with E-state index in [1.165, 1.54) is 23.5 Å². The number of hydrogen-bond acceptors (Lipinski definition) is 4. The zero-order valence-corrected chi connectivity index (χ0v) is 19.1. The summed E-state index contributed by atoms with van der Waals surface area (Å²) in [7, 11) is 0. The van der Waals surface area contributed by atoms with Crippen molar-refractivity contribution in [3.05, 3.63) is 53.4 Å². The highest BCUT2D eigenvalue weighted by Gasteiger charge is 2.22. The predicted octanol–water partition coefficient (Wildman–Crippen LogP) is 4.47. The number of halogens is 2. The number of amides is 3. The van der Waals surface area contributed by atoms with E-state index < -0.39 is 5.82 Å². The molecule has 3 rings (SSSR count). The molecule has 0 saturated heterocycles. The lowest BCUT2D eigenvalue weighted by molar-refractivity contribution is -0.124. The van der Waals surface area contributed by atoms with Gasteiger partial charge in [0.25, 0.3) is 0 Å². The summed E-state index contributed by atoms with van der Waals surface area (Å²) in [5, 5.41) is 5.53. The van der Waals surface area contributed by atoms with Crippen molar-refractivity contribution in [2.75, 3.05) is 16.8 Å². The predicted molar refractivity (Wildman–Crippen MR) is 125 cm³/mol. The van der Waals surface area contributed by atoms with Gasteiger partial charge in [0.2, 0.25) is 17.7 Å². The van der Waals surface area contributed by atoms with Crippen molar-refractivity contribution >= 4 is 40.8 Å². The topological polar surface area (TPSA) is 91.4 Å². The van der Waals surface area contributed by atoms with Crippen molar-refractivity contribution in [1.82, 2.24) is 10.3 Å². The van der Waals surface area contributed by atoms with E-state index in [0.29, 0.717) is 11.5 Å². The van der Waals surface area contributed by atoms with E-state index in [9.17, 15) is 18.8 Å². The van der Waals surface area contributed by atoms with E-state index in [-0.39, 0.29) is 54.6 Å². The molecule has 33 heavy (non-hydrogen) atoms. The van der Waals surface area contributed by atoms with Gasteiger partial charge < -0.3 is 15.5 Å². The quantitative estimate of drug-likeness (QED) is 0.561. The van der Waals surface area contributed by atoms with Gasteiger partial charge in [-0.15, -0.1) is 0 Å². The van der Waals surface area contributed by atoms with Crippen molar-refractivity contribution in [2.24, 2.45) is 0 Å². The maximum atomic E-state index is 13.6. The first-order valence-electron chi connectivity index (χ1n) is 11.2. The van der Waals surface area contributed by atoms with Gasteiger partial charge in [0.15, 0.2) is 0 Å². The Morgan fingerprint density at radius 2 is 1.85 bits per heavy atom. The minimum atomic E-state index is -0.606. The molecule has 1 heterocycles. The van der Waals surface area contributed by atoms with Gasteiger partial charge in [-0.25, -0.2) is 9.37 Å². The van der Waals surface area contributed by atoms with Crippen LogP contribution < -0.4 is 15.5 Å². The molecule has 9 heteroatoms. The van der Waals surface area contributed by atoms with Crippen LogP contribution in [0.2, 0.25) is 5.02 Å². The molecule has 7 nitrogen and oxygen atoms in total. The highest BCUT2D eigenvalue weighted by Crippen LogP contribution is 2.24. The van der Waals surface area contributed by atoms with Gasteiger partial charge in [-0.05, 0) is 49.6 Å². The molecule has 0 unspecified atom stereocenters. The van der Waals surface area contributed by atoms with Crippen LogP contribution in [0.1, 0.15) is 51.4 Å². The van der Waals surface area contributed by atoms with E-state index in [2.05, 4.69) is 15.6 Å². The fourth-order valence-electron chi connectivity index (χ4n) is 3.82. The van der Waals surface area contributed by atoms with Gasteiger partial charge in [0.1, 0.15) is 18.2 Å². The van der Waals surface area contributed by atoms with Gasteiger partial charge in [0.05, 0.1) is 5.02 Å². The first-order valence-corrected chi connectivity index (χ1v) is 11.6. The average Bonchev–Trinajstić information content (AvgIpc) is 2.80. The van der Waals surface area contributed by atoms with Crippen LogP contribution in [0.15, 0.2) is 42.6 Å². The van der Waals surface area contributed by atoms with Crippen LogP contribution in [0.3, 0.4) is 0 Å². The van der Waals surface area contributed by atoms with E-state index >= 15 is 0 Å². The summed E-state index contributed by atoms with van der Waals surface area (Å²) < 4.78 is 13.6. The van der Waals surface area contributed by atoms with Gasteiger partial charge in [-0.1, -0.05) is 36.9 Å². The van der Waals surface area contributed by atoms with E-state index in [0.717, 1.165) is 31.7 Å². The number of carbonyl (C=O) groups is 3. The number of nitrogens with one attached hydrogen (secondary N) is 2. The molecule has 1 saturated carbocycles. The summed E-state index contributed by atoms with van der Waals surface area (Å²) in [4.78, 5) is 43.1. The maximum Gasteiger partial charge on any atom is 0.240 e. The molecular weight excluding hydrogens is 447 g/mol. The SMILES string of the molecule is O=C(CCCC(=O)N(CC(=O)NC1CCCCC1)c1ccc(F)c(Cl)c1)Nc1ccccn1. The molecule has 0 radical (unpaired) electrons. The molecule has 1 aliphatic rings. The van der Waals surface area contributed by atoms with Crippen LogP contribution in [-0.4, -0.2) is 35.3 Å². The van der Waals surface area contributed by atoms with Crippen LogP contribution in [0.5, 0.6) is 0 Å². The Balaban J connectivity index is 1.59. The minimum Gasteiger partial charge on any atom is -0.352 e. The molecule has 1 aromatic carbocycles. The van der Waals surface area contributed by atoms with Crippen LogP contribution in [0.4, 0.5) is 15.9 Å². The van der Waals surface area contributed by atoms with Crippen molar-refractivity contribution in [1.29, 1.82) is 0 Å². The van der Waals surface area contributed by atoms with Crippen molar-refractivity contribution in [3.63, 3.8) is 0 Å². The first-order chi connectivity index (χ1) is 15.9. The molecule has 0 aliphatic heterocycles. The van der Waals surface area contributed by atoms with E-state index in [1.807, 2.05) is 0 Å². The normalized spacial score (nSPS) is 13.9. The average molecular weight is 475 g/mol. The van der Waals surface area contributed by atoms with Crippen LogP contribution in [-0.2, 0) is 14.4 Å². The molecule has 1 aliphatic carbocycles. The second-order valence-corrected chi connectivity index (χ2v) is 8.50. The number of rotatable bonds is 9. The molecule has 1 aromatic heterocycles. The summed E-state index contributed by atoms with van der Waals surface area (Å²) in [6.07, 6.45) is 7.18. The van der Waals surface area contributed by atoms with Gasteiger partial charge in [-0.2, -0.15) is 0 Å². The lowest BCUT2D eigenvalue weighted by Crippen LogP contribution is -2.45. The Kier molecular flexibility index (Phi) is 9.18. The fraction of sp³-hybridized carbons (Fsp3) is 0.417. The number of carbonyl (C=O) groups excluding carboxylic acids is 3. The molecular formula is C24H28ClFN4O3. The standard InChI is InChI=1S/C24H28ClFN4O3/c25-19-15-18(12-13-20(19)26)30(16-23(32)28-17-7-2-1-3-8-17)24(33)11-6-10-22(31)29-21-9-4-5-14-27-21/h4-5,9,12-15,17H,1-3,6-8,10-11,16H2,(H,28,32)(H,27,29,31). The summed E-state index contributed by atoms with van der Waals surface area (Å²) in [5.74, 6) is -1.04. The molecule has 0 spiro atoms. The Morgan fingerprint density at radius 3 is 2.55 bits per heavy atom. The molecule has 0 atom stereocenters. The van der Waals surface area contributed by atoms with Crippen molar-refractivity contribution in [3.8, 4) is 0 Å². The van der Waals surface area contributed by atoms with Crippen LogP contribution in [0, 0.1) is 5.82 Å². The zero-order chi connectivity index (χ0) is 23.6. The second kappa shape index (κ2) is 12.3. The molecule has 0 bridgehead atoms. The number of nitrogens with zero attached hydrogens (tertiary/aromatic N) is 2. The second-order valence-electron chi connectivity index (χ2n) is 8.10. The molecule has 2 aromatic rings. The number of anilines is 2. The van der Waals surface area contributed by atoms with Crippen LogP contribution >= 0.6 is 11.6 Å². The minimum absolute atomic E-state index is 0.0430. The lowest BCUT2D eigenvalue weighted by Gasteiger charge is -2.26. The van der Waals surface area contributed by atoms with Gasteiger partial charge >= 0.3 is 0 Å². The zero-order valence-electron chi connectivity index (χ0n) is 18.4. The third kappa shape index (κ3) is 7.82.